The van der Waals surface area contributed by atoms with Crippen LogP contribution in [0.25, 0.3) is 0 Å². The van der Waals surface area contributed by atoms with Gasteiger partial charge in [0.05, 0.1) is 5.75 Å². The molecule has 0 saturated heterocycles. The number of nitrogens with one attached hydrogen (secondary N) is 1. The van der Waals surface area contributed by atoms with Crippen LogP contribution in [-0.4, -0.2) is 11.7 Å². The van der Waals surface area contributed by atoms with Crippen LogP contribution in [0.3, 0.4) is 0 Å². The van der Waals surface area contributed by atoms with Crippen molar-refractivity contribution >= 4 is 39.3 Å². The molecule has 2 rings (SSSR count). The fourth-order valence-corrected chi connectivity index (χ4v) is 2.73. The molecule has 1 N–H and O–H groups in total. The highest BCUT2D eigenvalue weighted by atomic mass is 79.9. The Kier molecular flexibility index (Phi) is 5.68. The average molecular weight is 350 g/mol. The van der Waals surface area contributed by atoms with Crippen molar-refractivity contribution < 1.29 is 4.79 Å². The number of thioether (sulfide) groups is 1. The Morgan fingerprint density at radius 2 is 1.75 bits per heavy atom. The summed E-state index contributed by atoms with van der Waals surface area (Å²) in [7, 11) is 0. The Bertz CT molecular complexity index is 566. The number of aryl methyl sites for hydroxylation is 1. The SMILES string of the molecule is Cc1ccc(NC(=O)CSCc2ccc(Br)cc2)cc1. The van der Waals surface area contributed by atoms with E-state index in [9.17, 15) is 4.79 Å². The van der Waals surface area contributed by atoms with Crippen LogP contribution in [0, 0.1) is 6.92 Å². The Hall–Kier alpha value is -1.26. The molecule has 0 aliphatic heterocycles. The summed E-state index contributed by atoms with van der Waals surface area (Å²) < 4.78 is 1.07. The number of anilines is 1. The van der Waals surface area contributed by atoms with Gasteiger partial charge in [-0.2, -0.15) is 0 Å². The smallest absolute Gasteiger partial charge is 0.234 e. The van der Waals surface area contributed by atoms with Gasteiger partial charge in [-0.05, 0) is 36.8 Å². The van der Waals surface area contributed by atoms with Crippen molar-refractivity contribution in [2.24, 2.45) is 0 Å². The third-order valence-electron chi connectivity index (χ3n) is 2.75. The average Bonchev–Trinajstić information content (AvgIpc) is 2.44. The van der Waals surface area contributed by atoms with Crippen LogP contribution in [0.2, 0.25) is 0 Å². The van der Waals surface area contributed by atoms with Gasteiger partial charge in [0.1, 0.15) is 0 Å². The predicted octanol–water partition coefficient (Wildman–Crippen LogP) is 4.63. The molecule has 0 aromatic heterocycles. The molecule has 0 heterocycles. The summed E-state index contributed by atoms with van der Waals surface area (Å²) in [5, 5.41) is 2.90. The summed E-state index contributed by atoms with van der Waals surface area (Å²) in [6.45, 7) is 2.03. The highest BCUT2D eigenvalue weighted by Crippen LogP contribution is 2.16. The maximum atomic E-state index is 11.8. The number of carbonyl (C=O) groups excluding carboxylic acids is 1. The van der Waals surface area contributed by atoms with Gasteiger partial charge in [0.2, 0.25) is 5.91 Å². The molecule has 0 aliphatic rings. The molecule has 0 bridgehead atoms. The Balaban J connectivity index is 1.75. The molecule has 1 amide bonds. The zero-order valence-corrected chi connectivity index (χ0v) is 13.6. The van der Waals surface area contributed by atoms with Gasteiger partial charge in [-0.1, -0.05) is 45.8 Å². The first-order valence-electron chi connectivity index (χ1n) is 6.32. The molecule has 0 unspecified atom stereocenters. The Labute approximate surface area is 132 Å². The molecule has 0 atom stereocenters. The van der Waals surface area contributed by atoms with E-state index in [0.29, 0.717) is 5.75 Å². The third kappa shape index (κ3) is 5.02. The molecule has 0 radical (unpaired) electrons. The minimum Gasteiger partial charge on any atom is -0.325 e. The molecule has 2 nitrogen and oxygen atoms in total. The normalized spacial score (nSPS) is 10.3. The van der Waals surface area contributed by atoms with E-state index in [0.717, 1.165) is 15.9 Å². The summed E-state index contributed by atoms with van der Waals surface area (Å²) >= 11 is 5.02. The van der Waals surface area contributed by atoms with Crippen LogP contribution in [0.1, 0.15) is 11.1 Å². The van der Waals surface area contributed by atoms with Crippen LogP contribution in [0.5, 0.6) is 0 Å². The fourth-order valence-electron chi connectivity index (χ4n) is 1.68. The number of amides is 1. The van der Waals surface area contributed by atoms with Gasteiger partial charge in [-0.15, -0.1) is 11.8 Å². The van der Waals surface area contributed by atoms with Crippen molar-refractivity contribution in [3.05, 3.63) is 64.1 Å². The van der Waals surface area contributed by atoms with Gasteiger partial charge in [0.25, 0.3) is 0 Å². The van der Waals surface area contributed by atoms with E-state index in [1.54, 1.807) is 11.8 Å². The highest BCUT2D eigenvalue weighted by Gasteiger charge is 2.03. The van der Waals surface area contributed by atoms with Crippen molar-refractivity contribution in [2.45, 2.75) is 12.7 Å². The summed E-state index contributed by atoms with van der Waals surface area (Å²) in [6.07, 6.45) is 0. The van der Waals surface area contributed by atoms with Gasteiger partial charge < -0.3 is 5.32 Å². The fraction of sp³-hybridized carbons (Fsp3) is 0.188. The molecule has 0 spiro atoms. The second-order valence-electron chi connectivity index (χ2n) is 4.53. The first-order chi connectivity index (χ1) is 9.63. The summed E-state index contributed by atoms with van der Waals surface area (Å²) in [5.74, 6) is 1.34. The minimum absolute atomic E-state index is 0.0379. The summed E-state index contributed by atoms with van der Waals surface area (Å²) in [6, 6.07) is 16.0. The Morgan fingerprint density at radius 3 is 2.40 bits per heavy atom. The summed E-state index contributed by atoms with van der Waals surface area (Å²) in [5.41, 5.74) is 3.26. The van der Waals surface area contributed by atoms with Gasteiger partial charge in [-0.3, -0.25) is 4.79 Å². The Morgan fingerprint density at radius 1 is 1.10 bits per heavy atom. The molecule has 0 aliphatic carbocycles. The summed E-state index contributed by atoms with van der Waals surface area (Å²) in [4.78, 5) is 11.8. The molecular formula is C16H16BrNOS. The first-order valence-corrected chi connectivity index (χ1v) is 8.27. The maximum absolute atomic E-state index is 11.8. The van der Waals surface area contributed by atoms with Crippen molar-refractivity contribution in [3.63, 3.8) is 0 Å². The number of benzene rings is 2. The minimum atomic E-state index is 0.0379. The maximum Gasteiger partial charge on any atom is 0.234 e. The molecule has 0 fully saturated rings. The number of carbonyl (C=O) groups is 1. The van der Waals surface area contributed by atoms with Crippen molar-refractivity contribution in [1.82, 2.24) is 0 Å². The van der Waals surface area contributed by atoms with E-state index < -0.39 is 0 Å². The molecule has 104 valence electrons. The lowest BCUT2D eigenvalue weighted by Crippen LogP contribution is -2.14. The highest BCUT2D eigenvalue weighted by molar-refractivity contribution is 9.10. The van der Waals surface area contributed by atoms with E-state index in [-0.39, 0.29) is 5.91 Å². The van der Waals surface area contributed by atoms with Crippen LogP contribution < -0.4 is 5.32 Å². The standard InChI is InChI=1S/C16H16BrNOS/c1-12-2-8-15(9-3-12)18-16(19)11-20-10-13-4-6-14(17)7-5-13/h2-9H,10-11H2,1H3,(H,18,19). The van der Waals surface area contributed by atoms with E-state index in [2.05, 4.69) is 33.4 Å². The first kappa shape index (κ1) is 15.1. The number of hydrogen-bond donors (Lipinski definition) is 1. The van der Waals surface area contributed by atoms with Crippen molar-refractivity contribution in [1.29, 1.82) is 0 Å². The van der Waals surface area contributed by atoms with Crippen molar-refractivity contribution in [2.75, 3.05) is 11.1 Å². The van der Waals surface area contributed by atoms with E-state index in [4.69, 9.17) is 0 Å². The molecular weight excluding hydrogens is 334 g/mol. The third-order valence-corrected chi connectivity index (χ3v) is 4.28. The second kappa shape index (κ2) is 7.50. The zero-order chi connectivity index (χ0) is 14.4. The molecule has 0 saturated carbocycles. The van der Waals surface area contributed by atoms with E-state index in [1.807, 2.05) is 43.3 Å². The molecule has 2 aromatic rings. The van der Waals surface area contributed by atoms with Gasteiger partial charge in [0, 0.05) is 15.9 Å². The van der Waals surface area contributed by atoms with Gasteiger partial charge in [-0.25, -0.2) is 0 Å². The van der Waals surface area contributed by atoms with Crippen LogP contribution >= 0.6 is 27.7 Å². The largest absolute Gasteiger partial charge is 0.325 e. The van der Waals surface area contributed by atoms with Crippen LogP contribution in [-0.2, 0) is 10.5 Å². The monoisotopic (exact) mass is 349 g/mol. The molecule has 2 aromatic carbocycles. The second-order valence-corrected chi connectivity index (χ2v) is 6.43. The molecule has 4 heteroatoms. The quantitative estimate of drug-likeness (QED) is 0.852. The lowest BCUT2D eigenvalue weighted by atomic mass is 10.2. The zero-order valence-electron chi connectivity index (χ0n) is 11.2. The lowest BCUT2D eigenvalue weighted by molar-refractivity contribution is -0.113. The number of rotatable bonds is 5. The van der Waals surface area contributed by atoms with Crippen molar-refractivity contribution in [3.8, 4) is 0 Å². The topological polar surface area (TPSA) is 29.1 Å². The van der Waals surface area contributed by atoms with Crippen LogP contribution in [0.4, 0.5) is 5.69 Å². The number of hydrogen-bond acceptors (Lipinski definition) is 2. The lowest BCUT2D eigenvalue weighted by Gasteiger charge is -2.05. The number of halogens is 1. The van der Waals surface area contributed by atoms with E-state index in [1.165, 1.54) is 11.1 Å². The van der Waals surface area contributed by atoms with E-state index >= 15 is 0 Å². The predicted molar refractivity (Wildman–Crippen MR) is 90.1 cm³/mol. The molecule has 20 heavy (non-hydrogen) atoms. The van der Waals surface area contributed by atoms with Gasteiger partial charge in [0.15, 0.2) is 0 Å². The van der Waals surface area contributed by atoms with Crippen LogP contribution in [0.15, 0.2) is 53.0 Å². The van der Waals surface area contributed by atoms with Gasteiger partial charge >= 0.3 is 0 Å².